The Kier molecular flexibility index (Phi) is 12.5. The second kappa shape index (κ2) is 17.3. The van der Waals surface area contributed by atoms with Crippen molar-refractivity contribution in [3.63, 3.8) is 0 Å². The Bertz CT molecular complexity index is 2170. The van der Waals surface area contributed by atoms with Crippen LogP contribution in [0.4, 0.5) is 0 Å². The average molecular weight is 949 g/mol. The molecule has 4 heteroatoms. The molecule has 4 saturated carbocycles. The van der Waals surface area contributed by atoms with E-state index in [1.54, 1.807) is 11.1 Å². The number of hydrogen-bond donors (Lipinski definition) is 0. The van der Waals surface area contributed by atoms with Gasteiger partial charge in [0.1, 0.15) is 0 Å². The standard InChI is InChI=1S/C23H29.C18H33P.C15H10.2ClH.Ru/c1-14-9-16(3)22(17(4)10-14)20-7-8-21(13-20)23-18(5)11-15(2)12-19(23)6;1-4-10-16(11-5-1)19(17-12-6-2-7-13-17)18-14-8-3-9-15-18;1-2-6-12(7-3-1)15-11-10-13-8-4-5-9-14(13)15;;;/h9-13,20-21H,7-8H2,1-6H3;16-18H,1-15H2;1-9,11H;2*1H;/q;;;;;+1/p-1. The monoisotopic (exact) mass is 948 g/mol. The summed E-state index contributed by atoms with van der Waals surface area (Å²) in [6.45, 7) is 14.3. The quantitative estimate of drug-likeness (QED) is 0.122. The fraction of sp³-hybridized carbons (Fsp3) is 0.518. The van der Waals surface area contributed by atoms with Crippen LogP contribution in [0, 0.1) is 41.5 Å². The Morgan fingerprint density at radius 3 is 1.27 bits per heavy atom. The summed E-state index contributed by atoms with van der Waals surface area (Å²) in [7, 11) is 15.4. The van der Waals surface area contributed by atoms with E-state index in [4.69, 9.17) is 0 Å². The Morgan fingerprint density at radius 1 is 0.467 bits per heavy atom. The van der Waals surface area contributed by atoms with Crippen molar-refractivity contribution in [1.82, 2.24) is 0 Å². The zero-order valence-electron chi connectivity index (χ0n) is 37.7. The number of hydrogen-bond acceptors (Lipinski definition) is 0. The van der Waals surface area contributed by atoms with Gasteiger partial charge in [0.15, 0.2) is 0 Å². The Labute approximate surface area is 372 Å². The van der Waals surface area contributed by atoms with Crippen molar-refractivity contribution in [2.24, 2.45) is 0 Å². The second-order valence-electron chi connectivity index (χ2n) is 20.2. The van der Waals surface area contributed by atoms with Crippen LogP contribution in [0.2, 0.25) is 4.51 Å². The van der Waals surface area contributed by atoms with Gasteiger partial charge in [-0.3, -0.25) is 0 Å². The van der Waals surface area contributed by atoms with E-state index in [1.165, 1.54) is 156 Å². The van der Waals surface area contributed by atoms with Gasteiger partial charge in [-0.05, 0) is 0 Å². The molecule has 0 nitrogen and oxygen atoms in total. The van der Waals surface area contributed by atoms with Crippen LogP contribution in [0.5, 0.6) is 0 Å². The van der Waals surface area contributed by atoms with Gasteiger partial charge < -0.3 is 0 Å². The van der Waals surface area contributed by atoms with Gasteiger partial charge >= 0.3 is 375 Å². The molecule has 4 aromatic carbocycles. The Balaban J connectivity index is 1.51. The summed E-state index contributed by atoms with van der Waals surface area (Å²) in [6.07, 6.45) is 25.4. The number of allylic oxidation sites excluding steroid dienone is 1. The minimum absolute atomic E-state index is 0.206. The Hall–Kier alpha value is -1.88. The molecule has 0 N–H and O–H groups in total. The fourth-order valence-electron chi connectivity index (χ4n) is 14.8. The molecule has 0 heterocycles. The number of halogens is 2. The van der Waals surface area contributed by atoms with Crippen LogP contribution in [0.1, 0.15) is 182 Å². The molecule has 0 aliphatic heterocycles. The van der Waals surface area contributed by atoms with E-state index in [0.717, 1.165) is 12.8 Å². The van der Waals surface area contributed by atoms with Crippen molar-refractivity contribution in [2.45, 2.75) is 184 Å². The molecule has 2 unspecified atom stereocenters. The predicted molar refractivity (Wildman–Crippen MR) is 264 cm³/mol. The van der Waals surface area contributed by atoms with E-state index in [-0.39, 0.29) is 4.51 Å². The third-order valence-corrected chi connectivity index (χ3v) is 58.2. The number of aryl methyl sites for hydroxylation is 6. The molecular weight excluding hydrogens is 876 g/mol. The first-order chi connectivity index (χ1) is 28.9. The summed E-state index contributed by atoms with van der Waals surface area (Å²) in [5.74, 6) is 0.653. The normalized spacial score (nSPS) is 24.5. The molecule has 4 aromatic rings. The maximum absolute atomic E-state index is 10.2. The van der Waals surface area contributed by atoms with Crippen molar-refractivity contribution in [3.05, 3.63) is 146 Å². The first-order valence-electron chi connectivity index (χ1n) is 24.1. The summed E-state index contributed by atoms with van der Waals surface area (Å²) >= 11 is 0. The van der Waals surface area contributed by atoms with Gasteiger partial charge in [-0.1, -0.05) is 0 Å². The molecule has 60 heavy (non-hydrogen) atoms. The van der Waals surface area contributed by atoms with Crippen LogP contribution in [0.25, 0.3) is 5.57 Å². The average Bonchev–Trinajstić information content (AvgIpc) is 3.86. The molecule has 9 rings (SSSR count). The SMILES string of the molecule is Cc1cc(C)c(C2CCC(c3c(C)cc(C)cc3C)[CH]2[Ru]([Cl])([Cl])(=[C]2C=C(c3ccccc3)c3ccccc32)[PH](C2CCCCC2)(C2CCCCC2)C2CCCCC2)c(C)c1. The minimum atomic E-state index is -5.03. The number of rotatable bonds is 8. The van der Waals surface area contributed by atoms with E-state index >= 15 is 0 Å². The van der Waals surface area contributed by atoms with Crippen molar-refractivity contribution in [3.8, 4) is 0 Å². The van der Waals surface area contributed by atoms with Crippen LogP contribution < -0.4 is 0 Å². The van der Waals surface area contributed by atoms with Gasteiger partial charge in [-0.2, -0.15) is 0 Å². The third-order valence-electron chi connectivity index (χ3n) is 16.6. The second-order valence-corrected chi connectivity index (χ2v) is 49.0. The Morgan fingerprint density at radius 2 is 0.850 bits per heavy atom. The van der Waals surface area contributed by atoms with Gasteiger partial charge in [-0.25, -0.2) is 0 Å². The first-order valence-corrected chi connectivity index (χ1v) is 35.1. The van der Waals surface area contributed by atoms with E-state index in [1.807, 2.05) is 0 Å². The molecule has 0 aromatic heterocycles. The molecule has 0 bridgehead atoms. The number of benzene rings is 4. The summed E-state index contributed by atoms with van der Waals surface area (Å²) in [4.78, 5) is 0. The zero-order chi connectivity index (χ0) is 41.8. The van der Waals surface area contributed by atoms with Crippen LogP contribution >= 0.6 is 25.0 Å². The summed E-state index contributed by atoms with van der Waals surface area (Å²) < 4.78 is 1.68. The van der Waals surface area contributed by atoms with Crippen LogP contribution in [-0.4, -0.2) is 21.1 Å². The van der Waals surface area contributed by atoms with E-state index in [2.05, 4.69) is 126 Å². The summed E-state index contributed by atoms with van der Waals surface area (Å²) in [5.41, 5.74) is 16.5. The summed E-state index contributed by atoms with van der Waals surface area (Å²) in [6, 6.07) is 30.7. The molecule has 5 aliphatic rings. The first kappa shape index (κ1) is 43.4. The molecule has 324 valence electrons. The maximum atomic E-state index is 10.2. The topological polar surface area (TPSA) is 0 Å². The van der Waals surface area contributed by atoms with Crippen LogP contribution in [0.3, 0.4) is 0 Å². The predicted octanol–water partition coefficient (Wildman–Crippen LogP) is 17.3. The van der Waals surface area contributed by atoms with E-state index < -0.39 is 16.3 Å². The van der Waals surface area contributed by atoms with Gasteiger partial charge in [0, 0.05) is 0 Å². The zero-order valence-corrected chi connectivity index (χ0v) is 41.9. The van der Waals surface area contributed by atoms with Crippen molar-refractivity contribution < 1.29 is 10.7 Å². The van der Waals surface area contributed by atoms with Crippen LogP contribution in [-0.2, 0) is 10.7 Å². The molecule has 0 saturated heterocycles. The third kappa shape index (κ3) is 7.00. The molecular formula is C56H73Cl2PRu. The van der Waals surface area contributed by atoms with E-state index in [0.29, 0.717) is 28.8 Å². The molecule has 0 amide bonds. The van der Waals surface area contributed by atoms with E-state index in [9.17, 15) is 19.4 Å². The molecule has 4 fully saturated rings. The van der Waals surface area contributed by atoms with Gasteiger partial charge in [0.05, 0.1) is 0 Å². The summed E-state index contributed by atoms with van der Waals surface area (Å²) in [5, 5.41) is 0. The molecule has 2 atom stereocenters. The molecule has 0 radical (unpaired) electrons. The van der Waals surface area contributed by atoms with Crippen molar-refractivity contribution in [2.75, 3.05) is 0 Å². The van der Waals surface area contributed by atoms with Gasteiger partial charge in [-0.15, -0.1) is 0 Å². The van der Waals surface area contributed by atoms with Crippen molar-refractivity contribution >= 4 is 34.7 Å². The fourth-order valence-corrected chi connectivity index (χ4v) is 68.9. The van der Waals surface area contributed by atoms with Crippen LogP contribution in [0.15, 0.2) is 84.9 Å². The number of fused-ring (bicyclic) bond motifs is 1. The van der Waals surface area contributed by atoms with Gasteiger partial charge in [0.25, 0.3) is 0 Å². The molecule has 5 aliphatic carbocycles. The molecule has 0 spiro atoms. The van der Waals surface area contributed by atoms with Crippen molar-refractivity contribution in [1.29, 1.82) is 0 Å². The van der Waals surface area contributed by atoms with Gasteiger partial charge in [0.2, 0.25) is 0 Å².